The van der Waals surface area contributed by atoms with Crippen molar-refractivity contribution in [3.63, 3.8) is 0 Å². The van der Waals surface area contributed by atoms with E-state index in [1.807, 2.05) is 19.9 Å². The van der Waals surface area contributed by atoms with Crippen molar-refractivity contribution in [1.29, 1.82) is 0 Å². The molecule has 2 heterocycles. The fraction of sp³-hybridized carbons (Fsp3) is 0.286. The van der Waals surface area contributed by atoms with Gasteiger partial charge in [0.2, 0.25) is 17.5 Å². The van der Waals surface area contributed by atoms with Crippen LogP contribution in [-0.4, -0.2) is 35.0 Å². The molecule has 2 aromatic heterocycles. The van der Waals surface area contributed by atoms with Crippen LogP contribution >= 0.6 is 0 Å². The second kappa shape index (κ2) is 5.64. The Kier molecular flexibility index (Phi) is 3.93. The van der Waals surface area contributed by atoms with Crippen molar-refractivity contribution in [3.8, 4) is 11.8 Å². The molecule has 0 bridgehead atoms. The standard InChI is InChI=1S/C14H15N3O3/c1-8-5-9(2)11(15-6-8)13(18)12-14(20-4)17-10(19-3)7-16-12/h5-7H,1-4H3. The first kappa shape index (κ1) is 13.9. The number of hydrogen-bond donors (Lipinski definition) is 0. The second-order valence-electron chi connectivity index (χ2n) is 4.28. The highest BCUT2D eigenvalue weighted by molar-refractivity contribution is 6.08. The minimum absolute atomic E-state index is 0.118. The SMILES string of the molecule is COc1cnc(C(=O)c2ncc(C)cc2C)c(OC)n1. The fourth-order valence-corrected chi connectivity index (χ4v) is 1.82. The van der Waals surface area contributed by atoms with Crippen molar-refractivity contribution in [2.45, 2.75) is 13.8 Å². The molecule has 2 rings (SSSR count). The molecule has 104 valence electrons. The monoisotopic (exact) mass is 273 g/mol. The molecule has 0 aliphatic carbocycles. The smallest absolute Gasteiger partial charge is 0.247 e. The largest absolute Gasteiger partial charge is 0.480 e. The summed E-state index contributed by atoms with van der Waals surface area (Å²) in [6.45, 7) is 3.75. The number of ketones is 1. The molecule has 20 heavy (non-hydrogen) atoms. The number of carbonyl (C=O) groups excluding carboxylic acids is 1. The van der Waals surface area contributed by atoms with Gasteiger partial charge in [-0.3, -0.25) is 9.78 Å². The predicted octanol–water partition coefficient (Wildman–Crippen LogP) is 1.74. The second-order valence-corrected chi connectivity index (χ2v) is 4.28. The van der Waals surface area contributed by atoms with Gasteiger partial charge in [-0.05, 0) is 25.0 Å². The molecule has 0 saturated heterocycles. The summed E-state index contributed by atoms with van der Waals surface area (Å²) in [5, 5.41) is 0. The number of carbonyl (C=O) groups is 1. The Morgan fingerprint density at radius 1 is 1.05 bits per heavy atom. The molecule has 0 spiro atoms. The predicted molar refractivity (Wildman–Crippen MR) is 72.3 cm³/mol. The van der Waals surface area contributed by atoms with Crippen LogP contribution in [0.5, 0.6) is 11.8 Å². The van der Waals surface area contributed by atoms with Gasteiger partial charge < -0.3 is 9.47 Å². The first-order chi connectivity index (χ1) is 9.56. The van der Waals surface area contributed by atoms with Gasteiger partial charge >= 0.3 is 0 Å². The molecule has 2 aromatic rings. The van der Waals surface area contributed by atoms with E-state index in [0.717, 1.165) is 11.1 Å². The van der Waals surface area contributed by atoms with Crippen molar-refractivity contribution >= 4 is 5.78 Å². The summed E-state index contributed by atoms with van der Waals surface area (Å²) in [4.78, 5) is 24.7. The van der Waals surface area contributed by atoms with Gasteiger partial charge in [0, 0.05) is 6.20 Å². The molecular formula is C14H15N3O3. The van der Waals surface area contributed by atoms with E-state index in [1.165, 1.54) is 20.4 Å². The quantitative estimate of drug-likeness (QED) is 0.790. The van der Waals surface area contributed by atoms with Crippen molar-refractivity contribution in [2.75, 3.05) is 14.2 Å². The molecule has 0 N–H and O–H groups in total. The number of ether oxygens (including phenoxy) is 2. The summed E-state index contributed by atoms with van der Waals surface area (Å²) in [5.74, 6) is 0.0811. The van der Waals surface area contributed by atoms with Gasteiger partial charge in [0.15, 0.2) is 5.69 Å². The van der Waals surface area contributed by atoms with E-state index in [-0.39, 0.29) is 23.2 Å². The molecule has 0 aliphatic rings. The molecule has 6 nitrogen and oxygen atoms in total. The minimum atomic E-state index is -0.325. The molecule has 0 aliphatic heterocycles. The normalized spacial score (nSPS) is 10.2. The van der Waals surface area contributed by atoms with Gasteiger partial charge in [0.1, 0.15) is 5.69 Å². The maximum Gasteiger partial charge on any atom is 0.247 e. The first-order valence-corrected chi connectivity index (χ1v) is 5.99. The van der Waals surface area contributed by atoms with Gasteiger partial charge in [-0.2, -0.15) is 4.98 Å². The van der Waals surface area contributed by atoms with E-state index in [0.29, 0.717) is 5.69 Å². The van der Waals surface area contributed by atoms with Gasteiger partial charge in [0.25, 0.3) is 0 Å². The van der Waals surface area contributed by atoms with Crippen LogP contribution in [0.4, 0.5) is 0 Å². The first-order valence-electron chi connectivity index (χ1n) is 5.99. The van der Waals surface area contributed by atoms with E-state index in [9.17, 15) is 4.79 Å². The third-order valence-corrected chi connectivity index (χ3v) is 2.77. The zero-order valence-corrected chi connectivity index (χ0v) is 11.8. The van der Waals surface area contributed by atoms with Crippen LogP contribution in [-0.2, 0) is 0 Å². The van der Waals surface area contributed by atoms with E-state index < -0.39 is 0 Å². The van der Waals surface area contributed by atoms with E-state index >= 15 is 0 Å². The molecule has 0 saturated carbocycles. The Morgan fingerprint density at radius 2 is 1.75 bits per heavy atom. The topological polar surface area (TPSA) is 74.2 Å². The van der Waals surface area contributed by atoms with E-state index in [4.69, 9.17) is 9.47 Å². The molecule has 6 heteroatoms. The molecule has 0 unspecified atom stereocenters. The van der Waals surface area contributed by atoms with Gasteiger partial charge in [-0.1, -0.05) is 6.07 Å². The van der Waals surface area contributed by atoms with Crippen LogP contribution in [0.15, 0.2) is 18.5 Å². The highest BCUT2D eigenvalue weighted by Crippen LogP contribution is 2.20. The third kappa shape index (κ3) is 2.59. The lowest BCUT2D eigenvalue weighted by Gasteiger charge is -2.08. The number of pyridine rings is 1. The van der Waals surface area contributed by atoms with Gasteiger partial charge in [-0.25, -0.2) is 4.98 Å². The van der Waals surface area contributed by atoms with Crippen LogP contribution in [0.1, 0.15) is 27.3 Å². The average Bonchev–Trinajstić information content (AvgIpc) is 2.46. The number of hydrogen-bond acceptors (Lipinski definition) is 6. The van der Waals surface area contributed by atoms with E-state index in [2.05, 4.69) is 15.0 Å². The number of rotatable bonds is 4. The van der Waals surface area contributed by atoms with Crippen LogP contribution in [0.2, 0.25) is 0 Å². The molecule has 0 fully saturated rings. The molecular weight excluding hydrogens is 258 g/mol. The van der Waals surface area contributed by atoms with Crippen LogP contribution in [0.3, 0.4) is 0 Å². The summed E-state index contributed by atoms with van der Waals surface area (Å²) in [5.41, 5.74) is 2.24. The summed E-state index contributed by atoms with van der Waals surface area (Å²) in [6.07, 6.45) is 3.02. The number of nitrogens with zero attached hydrogens (tertiary/aromatic N) is 3. The Morgan fingerprint density at radius 3 is 2.35 bits per heavy atom. The van der Waals surface area contributed by atoms with Crippen LogP contribution < -0.4 is 9.47 Å². The van der Waals surface area contributed by atoms with Crippen LogP contribution in [0, 0.1) is 13.8 Å². The van der Waals surface area contributed by atoms with Crippen LogP contribution in [0.25, 0.3) is 0 Å². The number of aryl methyl sites for hydroxylation is 2. The minimum Gasteiger partial charge on any atom is -0.480 e. The Balaban J connectivity index is 2.47. The zero-order valence-electron chi connectivity index (χ0n) is 11.8. The lowest BCUT2D eigenvalue weighted by atomic mass is 10.1. The van der Waals surface area contributed by atoms with Crippen molar-refractivity contribution < 1.29 is 14.3 Å². The van der Waals surface area contributed by atoms with E-state index in [1.54, 1.807) is 6.20 Å². The summed E-state index contributed by atoms with van der Waals surface area (Å²) >= 11 is 0. The molecule has 0 radical (unpaired) electrons. The number of aromatic nitrogens is 3. The van der Waals surface area contributed by atoms with Gasteiger partial charge in [0.05, 0.1) is 20.4 Å². The Hall–Kier alpha value is -2.50. The molecule has 0 atom stereocenters. The van der Waals surface area contributed by atoms with Crippen molar-refractivity contribution in [2.24, 2.45) is 0 Å². The fourth-order valence-electron chi connectivity index (χ4n) is 1.82. The highest BCUT2D eigenvalue weighted by atomic mass is 16.5. The third-order valence-electron chi connectivity index (χ3n) is 2.77. The Bertz CT molecular complexity index is 656. The Labute approximate surface area is 116 Å². The maximum absolute atomic E-state index is 12.5. The lowest BCUT2D eigenvalue weighted by molar-refractivity contribution is 0.102. The van der Waals surface area contributed by atoms with Crippen molar-refractivity contribution in [1.82, 2.24) is 15.0 Å². The molecule has 0 amide bonds. The lowest BCUT2D eigenvalue weighted by Crippen LogP contribution is -2.12. The highest BCUT2D eigenvalue weighted by Gasteiger charge is 2.21. The summed E-state index contributed by atoms with van der Waals surface area (Å²) in [7, 11) is 2.90. The summed E-state index contributed by atoms with van der Waals surface area (Å²) < 4.78 is 10.0. The number of methoxy groups -OCH3 is 2. The van der Waals surface area contributed by atoms with Crippen molar-refractivity contribution in [3.05, 3.63) is 41.0 Å². The van der Waals surface area contributed by atoms with Gasteiger partial charge in [-0.15, -0.1) is 0 Å². The zero-order chi connectivity index (χ0) is 14.7. The average molecular weight is 273 g/mol. The molecule has 0 aromatic carbocycles. The maximum atomic E-state index is 12.5. The summed E-state index contributed by atoms with van der Waals surface area (Å²) in [6, 6.07) is 1.89.